The van der Waals surface area contributed by atoms with Crippen LogP contribution in [-0.2, 0) is 9.53 Å². The lowest BCUT2D eigenvalue weighted by atomic mass is 10.1. The Labute approximate surface area is 152 Å². The Morgan fingerprint density at radius 3 is 2.71 bits per heavy atom. The van der Waals surface area contributed by atoms with Gasteiger partial charge in [0.1, 0.15) is 11.6 Å². The molecular formula is C16H23Cl2FN2O3. The SMILES string of the molecule is Cl.NCCCOC1CCN(C(=O)COc2ccc(F)c(Cl)c2)CC1. The monoisotopic (exact) mass is 380 g/mol. The van der Waals surface area contributed by atoms with Gasteiger partial charge in [-0.2, -0.15) is 0 Å². The van der Waals surface area contributed by atoms with E-state index >= 15 is 0 Å². The molecule has 2 N–H and O–H groups in total. The number of ether oxygens (including phenoxy) is 2. The minimum Gasteiger partial charge on any atom is -0.484 e. The summed E-state index contributed by atoms with van der Waals surface area (Å²) in [4.78, 5) is 13.9. The summed E-state index contributed by atoms with van der Waals surface area (Å²) in [5.74, 6) is -0.224. The van der Waals surface area contributed by atoms with Crippen molar-refractivity contribution in [2.45, 2.75) is 25.4 Å². The number of nitrogens with two attached hydrogens (primary N) is 1. The van der Waals surface area contributed by atoms with Gasteiger partial charge in [0.15, 0.2) is 6.61 Å². The first-order chi connectivity index (χ1) is 11.1. The van der Waals surface area contributed by atoms with Crippen molar-refractivity contribution in [1.82, 2.24) is 4.90 Å². The van der Waals surface area contributed by atoms with Gasteiger partial charge in [-0.25, -0.2) is 4.39 Å². The summed E-state index contributed by atoms with van der Waals surface area (Å²) >= 11 is 5.67. The van der Waals surface area contributed by atoms with Gasteiger partial charge in [0, 0.05) is 25.8 Å². The van der Waals surface area contributed by atoms with Crippen LogP contribution in [0.4, 0.5) is 4.39 Å². The van der Waals surface area contributed by atoms with E-state index < -0.39 is 5.82 Å². The number of nitrogens with zero attached hydrogens (tertiary/aromatic N) is 1. The number of likely N-dealkylation sites (tertiary alicyclic amines) is 1. The maximum absolute atomic E-state index is 13.1. The smallest absolute Gasteiger partial charge is 0.260 e. The fourth-order valence-electron chi connectivity index (χ4n) is 2.41. The molecule has 5 nitrogen and oxygen atoms in total. The Morgan fingerprint density at radius 2 is 2.08 bits per heavy atom. The quantitative estimate of drug-likeness (QED) is 0.738. The molecule has 1 aliphatic heterocycles. The molecule has 0 unspecified atom stereocenters. The van der Waals surface area contributed by atoms with Crippen LogP contribution in [0.25, 0.3) is 0 Å². The average molecular weight is 381 g/mol. The van der Waals surface area contributed by atoms with E-state index in [0.717, 1.165) is 19.3 Å². The van der Waals surface area contributed by atoms with Gasteiger partial charge in [-0.05, 0) is 37.9 Å². The third kappa shape index (κ3) is 6.43. The number of piperidine rings is 1. The van der Waals surface area contributed by atoms with E-state index in [9.17, 15) is 9.18 Å². The van der Waals surface area contributed by atoms with Crippen LogP contribution in [-0.4, -0.2) is 49.8 Å². The number of hydrogen-bond donors (Lipinski definition) is 1. The molecule has 0 aliphatic carbocycles. The van der Waals surface area contributed by atoms with Crippen molar-refractivity contribution in [2.24, 2.45) is 5.73 Å². The highest BCUT2D eigenvalue weighted by Gasteiger charge is 2.23. The minimum atomic E-state index is -0.512. The number of halogens is 3. The summed E-state index contributed by atoms with van der Waals surface area (Å²) in [5.41, 5.74) is 5.43. The Balaban J connectivity index is 0.00000288. The highest BCUT2D eigenvalue weighted by molar-refractivity contribution is 6.30. The molecule has 8 heteroatoms. The van der Waals surface area contributed by atoms with Crippen LogP contribution in [0.1, 0.15) is 19.3 Å². The molecule has 1 aliphatic rings. The first-order valence-corrected chi connectivity index (χ1v) is 8.15. The average Bonchev–Trinajstić information content (AvgIpc) is 2.56. The van der Waals surface area contributed by atoms with Crippen LogP contribution in [0.5, 0.6) is 5.75 Å². The lowest BCUT2D eigenvalue weighted by Crippen LogP contribution is -2.43. The molecule has 1 aromatic carbocycles. The van der Waals surface area contributed by atoms with E-state index in [4.69, 9.17) is 26.8 Å². The number of hydrogen-bond acceptors (Lipinski definition) is 4. The van der Waals surface area contributed by atoms with Crippen molar-refractivity contribution in [2.75, 3.05) is 32.8 Å². The molecule has 0 atom stereocenters. The summed E-state index contributed by atoms with van der Waals surface area (Å²) in [5, 5.41) is -0.0228. The fourth-order valence-corrected chi connectivity index (χ4v) is 2.58. The molecule has 1 fully saturated rings. The summed E-state index contributed by atoms with van der Waals surface area (Å²) in [7, 11) is 0. The third-order valence-corrected chi connectivity index (χ3v) is 4.04. The highest BCUT2D eigenvalue weighted by Crippen LogP contribution is 2.21. The Kier molecular flexibility index (Phi) is 9.36. The van der Waals surface area contributed by atoms with Crippen LogP contribution in [0.3, 0.4) is 0 Å². The summed E-state index contributed by atoms with van der Waals surface area (Å²) in [6.45, 7) is 2.52. The van der Waals surface area contributed by atoms with Crippen molar-refractivity contribution in [3.8, 4) is 5.75 Å². The zero-order chi connectivity index (χ0) is 16.7. The van der Waals surface area contributed by atoms with Gasteiger partial charge >= 0.3 is 0 Å². The zero-order valence-electron chi connectivity index (χ0n) is 13.4. The number of carbonyl (C=O) groups excluding carboxylic acids is 1. The number of carbonyl (C=O) groups is 1. The summed E-state index contributed by atoms with van der Waals surface area (Å²) < 4.78 is 24.1. The van der Waals surface area contributed by atoms with Gasteiger partial charge in [0.05, 0.1) is 11.1 Å². The fraction of sp³-hybridized carbons (Fsp3) is 0.562. The largest absolute Gasteiger partial charge is 0.484 e. The van der Waals surface area contributed by atoms with E-state index in [1.165, 1.54) is 18.2 Å². The second-order valence-corrected chi connectivity index (χ2v) is 5.86. The standard InChI is InChI=1S/C16H22ClFN2O3.ClH/c17-14-10-13(2-3-15(14)18)23-11-16(21)20-7-4-12(5-8-20)22-9-1-6-19;/h2-3,10,12H,1,4-9,11,19H2;1H. The number of rotatable bonds is 7. The van der Waals surface area contributed by atoms with Gasteiger partial charge < -0.3 is 20.1 Å². The maximum Gasteiger partial charge on any atom is 0.260 e. The van der Waals surface area contributed by atoms with Gasteiger partial charge in [0.2, 0.25) is 0 Å². The second-order valence-electron chi connectivity index (χ2n) is 5.46. The topological polar surface area (TPSA) is 64.8 Å². The molecule has 0 spiro atoms. The predicted molar refractivity (Wildman–Crippen MR) is 93.4 cm³/mol. The molecule has 0 radical (unpaired) electrons. The lowest BCUT2D eigenvalue weighted by molar-refractivity contribution is -0.136. The number of amides is 1. The highest BCUT2D eigenvalue weighted by atomic mass is 35.5. The molecule has 24 heavy (non-hydrogen) atoms. The van der Waals surface area contributed by atoms with E-state index in [-0.39, 0.29) is 36.0 Å². The summed E-state index contributed by atoms with van der Waals surface area (Å²) in [6.07, 6.45) is 2.69. The molecule has 0 bridgehead atoms. The molecule has 0 saturated carbocycles. The van der Waals surface area contributed by atoms with Crippen molar-refractivity contribution >= 4 is 29.9 Å². The Bertz CT molecular complexity index is 526. The maximum atomic E-state index is 13.1. The second kappa shape index (κ2) is 10.7. The van der Waals surface area contributed by atoms with Gasteiger partial charge in [-0.1, -0.05) is 11.6 Å². The molecule has 136 valence electrons. The van der Waals surface area contributed by atoms with E-state index in [0.29, 0.717) is 32.0 Å². The van der Waals surface area contributed by atoms with Gasteiger partial charge in [-0.15, -0.1) is 12.4 Å². The van der Waals surface area contributed by atoms with Crippen LogP contribution in [0.15, 0.2) is 18.2 Å². The third-order valence-electron chi connectivity index (χ3n) is 3.75. The molecule has 2 rings (SSSR count). The van der Waals surface area contributed by atoms with Crippen LogP contribution in [0.2, 0.25) is 5.02 Å². The van der Waals surface area contributed by atoms with Crippen molar-refractivity contribution in [3.05, 3.63) is 29.0 Å². The Morgan fingerprint density at radius 1 is 1.38 bits per heavy atom. The van der Waals surface area contributed by atoms with Crippen LogP contribution < -0.4 is 10.5 Å². The van der Waals surface area contributed by atoms with Crippen molar-refractivity contribution in [3.63, 3.8) is 0 Å². The van der Waals surface area contributed by atoms with E-state index in [1.54, 1.807) is 4.90 Å². The zero-order valence-corrected chi connectivity index (χ0v) is 15.0. The van der Waals surface area contributed by atoms with E-state index in [1.807, 2.05) is 0 Å². The van der Waals surface area contributed by atoms with E-state index in [2.05, 4.69) is 0 Å². The molecule has 1 amide bonds. The minimum absolute atomic E-state index is 0. The molecule has 1 saturated heterocycles. The molecule has 0 aromatic heterocycles. The van der Waals surface area contributed by atoms with Gasteiger partial charge in [0.25, 0.3) is 5.91 Å². The molecule has 1 heterocycles. The van der Waals surface area contributed by atoms with Crippen molar-refractivity contribution in [1.29, 1.82) is 0 Å². The van der Waals surface area contributed by atoms with Crippen LogP contribution >= 0.6 is 24.0 Å². The van der Waals surface area contributed by atoms with Gasteiger partial charge in [-0.3, -0.25) is 4.79 Å². The number of benzene rings is 1. The molecule has 1 aromatic rings. The van der Waals surface area contributed by atoms with Crippen LogP contribution in [0, 0.1) is 5.82 Å². The Hall–Kier alpha value is -1.08. The predicted octanol–water partition coefficient (Wildman–Crippen LogP) is 2.64. The first-order valence-electron chi connectivity index (χ1n) is 7.77. The summed E-state index contributed by atoms with van der Waals surface area (Å²) in [6, 6.07) is 4.03. The van der Waals surface area contributed by atoms with Crippen molar-refractivity contribution < 1.29 is 18.7 Å². The normalized spacial score (nSPS) is 15.0. The lowest BCUT2D eigenvalue weighted by Gasteiger charge is -2.31. The first kappa shape index (κ1) is 21.0. The molecular weight excluding hydrogens is 358 g/mol.